The lowest BCUT2D eigenvalue weighted by Gasteiger charge is -2.36. The van der Waals surface area contributed by atoms with Gasteiger partial charge in [0, 0.05) is 26.2 Å². The van der Waals surface area contributed by atoms with Crippen molar-refractivity contribution >= 4 is 21.9 Å². The summed E-state index contributed by atoms with van der Waals surface area (Å²) in [6, 6.07) is 0. The Hall–Kier alpha value is -1.41. The van der Waals surface area contributed by atoms with Crippen LogP contribution in [0.2, 0.25) is 0 Å². The molecule has 2 aliphatic rings. The molecule has 21 heavy (non-hydrogen) atoms. The molecule has 1 heterocycles. The Morgan fingerprint density at radius 3 is 2.05 bits per heavy atom. The van der Waals surface area contributed by atoms with Crippen LogP contribution in [-0.4, -0.2) is 67.0 Å². The van der Waals surface area contributed by atoms with E-state index in [1.54, 1.807) is 11.0 Å². The number of amides is 1. The minimum absolute atomic E-state index is 0.181. The Bertz CT molecular complexity index is 549. The highest BCUT2D eigenvalue weighted by molar-refractivity contribution is 7.88. The van der Waals surface area contributed by atoms with Gasteiger partial charge in [0.1, 0.15) is 0 Å². The quantitative estimate of drug-likeness (QED) is 0.725. The molecule has 8 heteroatoms. The van der Waals surface area contributed by atoms with Gasteiger partial charge in [-0.3, -0.25) is 9.59 Å². The summed E-state index contributed by atoms with van der Waals surface area (Å²) in [5.74, 6) is -2.36. The molecule has 0 unspecified atom stereocenters. The molecule has 0 radical (unpaired) electrons. The Morgan fingerprint density at radius 1 is 1.05 bits per heavy atom. The highest BCUT2D eigenvalue weighted by Crippen LogP contribution is 2.28. The van der Waals surface area contributed by atoms with Gasteiger partial charge in [-0.2, -0.15) is 4.31 Å². The second-order valence-corrected chi connectivity index (χ2v) is 7.46. The number of rotatable bonds is 3. The number of hydrogen-bond donors (Lipinski definition) is 1. The third-order valence-corrected chi connectivity index (χ3v) is 5.39. The lowest BCUT2D eigenvalue weighted by Crippen LogP contribution is -2.52. The van der Waals surface area contributed by atoms with Crippen LogP contribution in [0.15, 0.2) is 12.2 Å². The molecule has 0 aromatic rings. The molecule has 1 aliphatic heterocycles. The number of hydrogen-bond acceptors (Lipinski definition) is 4. The summed E-state index contributed by atoms with van der Waals surface area (Å²) in [7, 11) is -3.23. The summed E-state index contributed by atoms with van der Waals surface area (Å²) < 4.78 is 24.2. The van der Waals surface area contributed by atoms with Crippen LogP contribution in [0, 0.1) is 11.8 Å². The molecule has 7 nitrogen and oxygen atoms in total. The van der Waals surface area contributed by atoms with Gasteiger partial charge >= 0.3 is 5.97 Å². The predicted molar refractivity (Wildman–Crippen MR) is 76.0 cm³/mol. The number of carboxylic acid groups (broad SMARTS) is 1. The van der Waals surface area contributed by atoms with Crippen molar-refractivity contribution in [3.05, 3.63) is 12.2 Å². The monoisotopic (exact) mass is 316 g/mol. The number of piperazine rings is 1. The molecule has 0 bridgehead atoms. The fraction of sp³-hybridized carbons (Fsp3) is 0.692. The van der Waals surface area contributed by atoms with Gasteiger partial charge in [-0.05, 0) is 12.8 Å². The molecule has 118 valence electrons. The SMILES string of the molecule is CS(=O)(=O)N1CCN(C(=O)[C@@H]2CC=CC[C@@H]2C(=O)O)CC1. The van der Waals surface area contributed by atoms with Gasteiger partial charge in [0.15, 0.2) is 0 Å². The van der Waals surface area contributed by atoms with Crippen molar-refractivity contribution in [3.8, 4) is 0 Å². The molecule has 1 N–H and O–H groups in total. The van der Waals surface area contributed by atoms with E-state index in [9.17, 15) is 23.1 Å². The summed E-state index contributed by atoms with van der Waals surface area (Å²) in [6.45, 7) is 1.17. The van der Waals surface area contributed by atoms with E-state index in [0.29, 0.717) is 25.9 Å². The van der Waals surface area contributed by atoms with E-state index in [1.165, 1.54) is 4.31 Å². The van der Waals surface area contributed by atoms with Crippen molar-refractivity contribution in [1.29, 1.82) is 0 Å². The van der Waals surface area contributed by atoms with Crippen LogP contribution in [-0.2, 0) is 19.6 Å². The number of allylic oxidation sites excluding steroid dienone is 2. The minimum Gasteiger partial charge on any atom is -0.481 e. The summed E-state index contributed by atoms with van der Waals surface area (Å²) in [6.07, 6.45) is 5.59. The number of aliphatic carboxylic acids is 1. The van der Waals surface area contributed by atoms with Crippen molar-refractivity contribution in [3.63, 3.8) is 0 Å². The van der Waals surface area contributed by atoms with Crippen molar-refractivity contribution in [2.45, 2.75) is 12.8 Å². The van der Waals surface area contributed by atoms with Crippen molar-refractivity contribution < 1.29 is 23.1 Å². The van der Waals surface area contributed by atoms with E-state index < -0.39 is 27.8 Å². The first-order chi connectivity index (χ1) is 9.80. The van der Waals surface area contributed by atoms with Gasteiger partial charge < -0.3 is 10.0 Å². The van der Waals surface area contributed by atoms with Crippen LogP contribution >= 0.6 is 0 Å². The van der Waals surface area contributed by atoms with Crippen LogP contribution in [0.3, 0.4) is 0 Å². The summed E-state index contributed by atoms with van der Waals surface area (Å²) in [5.41, 5.74) is 0. The summed E-state index contributed by atoms with van der Waals surface area (Å²) in [4.78, 5) is 25.3. The first-order valence-corrected chi connectivity index (χ1v) is 8.77. The van der Waals surface area contributed by atoms with Gasteiger partial charge in [-0.15, -0.1) is 0 Å². The molecule has 2 atom stereocenters. The molecule has 1 fully saturated rings. The molecular formula is C13H20N2O5S. The first kappa shape index (κ1) is 16.0. The second-order valence-electron chi connectivity index (χ2n) is 5.48. The second kappa shape index (κ2) is 6.15. The lowest BCUT2D eigenvalue weighted by molar-refractivity contribution is -0.151. The summed E-state index contributed by atoms with van der Waals surface area (Å²) in [5, 5.41) is 9.21. The number of carboxylic acids is 1. The number of nitrogens with zero attached hydrogens (tertiary/aromatic N) is 2. The molecule has 1 saturated heterocycles. The highest BCUT2D eigenvalue weighted by atomic mass is 32.2. The number of sulfonamides is 1. The van der Waals surface area contributed by atoms with Crippen LogP contribution in [0.4, 0.5) is 0 Å². The molecule has 1 aliphatic carbocycles. The number of carbonyl (C=O) groups is 2. The van der Waals surface area contributed by atoms with Gasteiger partial charge in [-0.25, -0.2) is 8.42 Å². The normalized spacial score (nSPS) is 27.6. The molecule has 0 aromatic carbocycles. The maximum atomic E-state index is 12.5. The van der Waals surface area contributed by atoms with E-state index in [1.807, 2.05) is 6.08 Å². The van der Waals surface area contributed by atoms with E-state index in [4.69, 9.17) is 0 Å². The zero-order chi connectivity index (χ0) is 15.6. The standard InChI is InChI=1S/C13H20N2O5S/c1-21(19,20)15-8-6-14(7-9-15)12(16)10-4-2-3-5-11(10)13(17)18/h2-3,10-11H,4-9H2,1H3,(H,17,18)/t10-,11+/m1/s1. The zero-order valence-electron chi connectivity index (χ0n) is 11.9. The van der Waals surface area contributed by atoms with Crippen molar-refractivity contribution in [2.24, 2.45) is 11.8 Å². The van der Waals surface area contributed by atoms with Crippen molar-refractivity contribution in [2.75, 3.05) is 32.4 Å². The molecule has 1 amide bonds. The van der Waals surface area contributed by atoms with Crippen LogP contribution in [0.25, 0.3) is 0 Å². The van der Waals surface area contributed by atoms with E-state index in [0.717, 1.165) is 6.26 Å². The predicted octanol–water partition coefficient (Wildman–Crippen LogP) is -0.243. The maximum absolute atomic E-state index is 12.5. The van der Waals surface area contributed by atoms with E-state index in [2.05, 4.69) is 0 Å². The molecular weight excluding hydrogens is 296 g/mol. The largest absolute Gasteiger partial charge is 0.481 e. The minimum atomic E-state index is -3.23. The van der Waals surface area contributed by atoms with Crippen LogP contribution < -0.4 is 0 Å². The lowest BCUT2D eigenvalue weighted by atomic mass is 9.82. The average Bonchev–Trinajstić information content (AvgIpc) is 2.45. The highest BCUT2D eigenvalue weighted by Gasteiger charge is 2.37. The van der Waals surface area contributed by atoms with Crippen molar-refractivity contribution in [1.82, 2.24) is 9.21 Å². The van der Waals surface area contributed by atoms with Crippen LogP contribution in [0.1, 0.15) is 12.8 Å². The third-order valence-electron chi connectivity index (χ3n) is 4.09. The Balaban J connectivity index is 2.01. The Kier molecular flexibility index (Phi) is 4.67. The zero-order valence-corrected chi connectivity index (χ0v) is 12.8. The van der Waals surface area contributed by atoms with Gasteiger partial charge in [0.05, 0.1) is 18.1 Å². The van der Waals surface area contributed by atoms with Gasteiger partial charge in [0.25, 0.3) is 0 Å². The topological polar surface area (TPSA) is 95.0 Å². The van der Waals surface area contributed by atoms with Gasteiger partial charge in [-0.1, -0.05) is 12.2 Å². The smallest absolute Gasteiger partial charge is 0.307 e. The summed E-state index contributed by atoms with van der Waals surface area (Å²) >= 11 is 0. The van der Waals surface area contributed by atoms with E-state index in [-0.39, 0.29) is 19.0 Å². The maximum Gasteiger partial charge on any atom is 0.307 e. The molecule has 0 spiro atoms. The molecule has 2 rings (SSSR count). The Morgan fingerprint density at radius 2 is 1.57 bits per heavy atom. The first-order valence-electron chi connectivity index (χ1n) is 6.92. The molecule has 0 saturated carbocycles. The van der Waals surface area contributed by atoms with Crippen LogP contribution in [0.5, 0.6) is 0 Å². The molecule has 0 aromatic heterocycles. The Labute approximate surface area is 124 Å². The fourth-order valence-electron chi connectivity index (χ4n) is 2.83. The van der Waals surface area contributed by atoms with Gasteiger partial charge in [0.2, 0.25) is 15.9 Å². The van der Waals surface area contributed by atoms with E-state index >= 15 is 0 Å². The third kappa shape index (κ3) is 3.62. The average molecular weight is 316 g/mol. The number of carbonyl (C=O) groups excluding carboxylic acids is 1. The fourth-order valence-corrected chi connectivity index (χ4v) is 3.66.